The van der Waals surface area contributed by atoms with Crippen molar-refractivity contribution < 1.29 is 9.18 Å². The molecule has 1 aliphatic heterocycles. The van der Waals surface area contributed by atoms with Gasteiger partial charge in [-0.1, -0.05) is 0 Å². The Kier molecular flexibility index (Phi) is 2.66. The van der Waals surface area contributed by atoms with E-state index in [-0.39, 0.29) is 11.4 Å². The van der Waals surface area contributed by atoms with Crippen LogP contribution in [0.15, 0.2) is 18.2 Å². The fourth-order valence-corrected chi connectivity index (χ4v) is 2.50. The summed E-state index contributed by atoms with van der Waals surface area (Å²) in [6, 6.07) is 4.44. The van der Waals surface area contributed by atoms with E-state index in [0.29, 0.717) is 0 Å². The van der Waals surface area contributed by atoms with Crippen molar-refractivity contribution >= 4 is 22.7 Å². The molecule has 4 heteroatoms. The topological polar surface area (TPSA) is 20.3 Å². The van der Waals surface area contributed by atoms with E-state index in [4.69, 9.17) is 11.6 Å². The number of anilines is 1. The largest absolute Gasteiger partial charge is 0.321 e. The van der Waals surface area contributed by atoms with Gasteiger partial charge < -0.3 is 0 Å². The summed E-state index contributed by atoms with van der Waals surface area (Å²) in [6.45, 7) is 3.92. The average molecular weight is 242 g/mol. The fraction of sp³-hybridized carbons (Fsp3) is 0.417. The van der Waals surface area contributed by atoms with Crippen LogP contribution in [0.25, 0.3) is 0 Å². The molecular weight excluding hydrogens is 229 g/mol. The van der Waals surface area contributed by atoms with Crippen molar-refractivity contribution in [2.24, 2.45) is 0 Å². The zero-order valence-corrected chi connectivity index (χ0v) is 10.0. The first kappa shape index (κ1) is 11.4. The Morgan fingerprint density at radius 1 is 1.50 bits per heavy atom. The van der Waals surface area contributed by atoms with Crippen LogP contribution in [0.1, 0.15) is 25.8 Å². The quantitative estimate of drug-likeness (QED) is 0.501. The molecule has 0 fully saturated rings. The van der Waals surface area contributed by atoms with Crippen LogP contribution in [0.3, 0.4) is 0 Å². The summed E-state index contributed by atoms with van der Waals surface area (Å²) in [5.74, 6) is -0.277. The Balaban J connectivity index is 2.54. The molecule has 16 heavy (non-hydrogen) atoms. The van der Waals surface area contributed by atoms with Crippen LogP contribution in [-0.2, 0) is 6.42 Å². The molecule has 1 aromatic rings. The number of halogens is 2. The van der Waals surface area contributed by atoms with E-state index >= 15 is 0 Å². The Morgan fingerprint density at radius 3 is 2.81 bits per heavy atom. The number of amides is 1. The molecule has 0 N–H and O–H groups in total. The smallest absolute Gasteiger partial charge is 0.293 e. The lowest BCUT2D eigenvalue weighted by atomic mass is 9.87. The standard InChI is InChI=1S/C12H13ClFNO/c1-12(2)6-5-8-7-9(14)3-4-10(8)15(12)11(13)16/h3-4,7H,5-6H2,1-2H3. The SMILES string of the molecule is CC1(C)CCc2cc(F)ccc2N1C(=O)Cl. The minimum absolute atomic E-state index is 0.277. The van der Waals surface area contributed by atoms with Gasteiger partial charge >= 0.3 is 5.37 Å². The molecule has 1 heterocycles. The second-order valence-corrected chi connectivity index (χ2v) is 5.00. The number of hydrogen-bond donors (Lipinski definition) is 0. The van der Waals surface area contributed by atoms with E-state index < -0.39 is 5.37 Å². The van der Waals surface area contributed by atoms with Crippen molar-refractivity contribution in [2.45, 2.75) is 32.2 Å². The van der Waals surface area contributed by atoms with Gasteiger partial charge in [0, 0.05) is 11.2 Å². The number of aryl methyl sites for hydroxylation is 1. The van der Waals surface area contributed by atoms with Crippen molar-refractivity contribution in [2.75, 3.05) is 4.90 Å². The zero-order valence-electron chi connectivity index (χ0n) is 9.26. The normalized spacial score (nSPS) is 18.1. The number of rotatable bonds is 0. The minimum Gasteiger partial charge on any atom is -0.293 e. The molecule has 0 bridgehead atoms. The summed E-state index contributed by atoms with van der Waals surface area (Å²) in [6.07, 6.45) is 1.54. The van der Waals surface area contributed by atoms with Crippen LogP contribution in [0.2, 0.25) is 0 Å². The Hall–Kier alpha value is -1.09. The van der Waals surface area contributed by atoms with Crippen molar-refractivity contribution in [3.8, 4) is 0 Å². The third-order valence-electron chi connectivity index (χ3n) is 3.07. The van der Waals surface area contributed by atoms with Crippen molar-refractivity contribution in [1.82, 2.24) is 0 Å². The highest BCUT2D eigenvalue weighted by Crippen LogP contribution is 2.37. The van der Waals surface area contributed by atoms with Gasteiger partial charge in [0.25, 0.3) is 0 Å². The molecule has 0 aromatic heterocycles. The van der Waals surface area contributed by atoms with Gasteiger partial charge in [-0.15, -0.1) is 0 Å². The Bertz CT molecular complexity index is 445. The molecule has 1 aliphatic rings. The van der Waals surface area contributed by atoms with Crippen LogP contribution in [0.5, 0.6) is 0 Å². The summed E-state index contributed by atoms with van der Waals surface area (Å²) in [4.78, 5) is 13.0. The van der Waals surface area contributed by atoms with E-state index in [1.54, 1.807) is 6.07 Å². The predicted molar refractivity (Wildman–Crippen MR) is 62.5 cm³/mol. The number of carbonyl (C=O) groups is 1. The summed E-state index contributed by atoms with van der Waals surface area (Å²) in [5, 5.41) is -0.516. The lowest BCUT2D eigenvalue weighted by Crippen LogP contribution is -2.48. The third kappa shape index (κ3) is 1.80. The highest BCUT2D eigenvalue weighted by atomic mass is 35.5. The molecule has 2 nitrogen and oxygen atoms in total. The van der Waals surface area contributed by atoms with Crippen LogP contribution in [0.4, 0.5) is 14.9 Å². The van der Waals surface area contributed by atoms with Crippen molar-refractivity contribution in [3.05, 3.63) is 29.6 Å². The van der Waals surface area contributed by atoms with Crippen LogP contribution >= 0.6 is 11.6 Å². The van der Waals surface area contributed by atoms with Crippen LogP contribution in [-0.4, -0.2) is 10.9 Å². The maximum atomic E-state index is 13.1. The summed E-state index contributed by atoms with van der Waals surface area (Å²) < 4.78 is 13.1. The van der Waals surface area contributed by atoms with Crippen LogP contribution < -0.4 is 4.90 Å². The first-order valence-electron chi connectivity index (χ1n) is 5.20. The van der Waals surface area contributed by atoms with Gasteiger partial charge in [0.1, 0.15) is 5.82 Å². The van der Waals surface area contributed by atoms with Gasteiger partial charge in [0.2, 0.25) is 0 Å². The van der Waals surface area contributed by atoms with E-state index in [1.165, 1.54) is 17.0 Å². The van der Waals surface area contributed by atoms with Crippen molar-refractivity contribution in [3.63, 3.8) is 0 Å². The first-order valence-corrected chi connectivity index (χ1v) is 5.58. The first-order chi connectivity index (χ1) is 7.42. The fourth-order valence-electron chi connectivity index (χ4n) is 2.18. The number of hydrogen-bond acceptors (Lipinski definition) is 1. The van der Waals surface area contributed by atoms with Crippen molar-refractivity contribution in [1.29, 1.82) is 0 Å². The van der Waals surface area contributed by atoms with Gasteiger partial charge in [-0.3, -0.25) is 9.69 Å². The molecule has 0 saturated heterocycles. The molecular formula is C12H13ClFNO. The molecule has 0 saturated carbocycles. The van der Waals surface area contributed by atoms with Crippen LogP contribution in [0, 0.1) is 5.82 Å². The number of fused-ring (bicyclic) bond motifs is 1. The third-order valence-corrected chi connectivity index (χ3v) is 3.24. The maximum absolute atomic E-state index is 13.1. The Morgan fingerprint density at radius 2 is 2.19 bits per heavy atom. The zero-order chi connectivity index (χ0) is 11.9. The van der Waals surface area contributed by atoms with Gasteiger partial charge in [-0.05, 0) is 62.1 Å². The number of benzene rings is 1. The van der Waals surface area contributed by atoms with Gasteiger partial charge in [-0.2, -0.15) is 0 Å². The second-order valence-electron chi connectivity index (χ2n) is 4.67. The second kappa shape index (κ2) is 3.74. The summed E-state index contributed by atoms with van der Waals surface area (Å²) >= 11 is 5.60. The molecule has 1 aromatic carbocycles. The van der Waals surface area contributed by atoms with Gasteiger partial charge in [-0.25, -0.2) is 4.39 Å². The molecule has 1 amide bonds. The van der Waals surface area contributed by atoms with Gasteiger partial charge in [0.05, 0.1) is 0 Å². The lowest BCUT2D eigenvalue weighted by Gasteiger charge is -2.42. The maximum Gasteiger partial charge on any atom is 0.321 e. The highest BCUT2D eigenvalue weighted by molar-refractivity contribution is 6.66. The summed E-state index contributed by atoms with van der Waals surface area (Å²) in [7, 11) is 0. The highest BCUT2D eigenvalue weighted by Gasteiger charge is 2.36. The molecule has 0 aliphatic carbocycles. The molecule has 2 rings (SSSR count). The number of nitrogens with zero attached hydrogens (tertiary/aromatic N) is 1. The Labute approximate surface area is 99.0 Å². The lowest BCUT2D eigenvalue weighted by molar-refractivity contribution is 0.256. The molecule has 0 unspecified atom stereocenters. The van der Waals surface area contributed by atoms with Gasteiger partial charge in [0.15, 0.2) is 0 Å². The molecule has 0 atom stereocenters. The van der Waals surface area contributed by atoms with E-state index in [1.807, 2.05) is 13.8 Å². The molecule has 86 valence electrons. The monoisotopic (exact) mass is 241 g/mol. The van der Waals surface area contributed by atoms with E-state index in [0.717, 1.165) is 24.1 Å². The average Bonchev–Trinajstić information content (AvgIpc) is 2.16. The number of carbonyl (C=O) groups excluding carboxylic acids is 1. The van der Waals surface area contributed by atoms with E-state index in [9.17, 15) is 9.18 Å². The summed E-state index contributed by atoms with van der Waals surface area (Å²) in [5.41, 5.74) is 1.25. The molecule has 0 spiro atoms. The predicted octanol–water partition coefficient (Wildman–Crippen LogP) is 3.72. The molecule has 0 radical (unpaired) electrons. The van der Waals surface area contributed by atoms with E-state index in [2.05, 4.69) is 0 Å². The minimum atomic E-state index is -0.516.